The number of nitrogens with one attached hydrogen (secondary N) is 2. The molecule has 1 saturated heterocycles. The van der Waals surface area contributed by atoms with Crippen molar-refractivity contribution in [1.82, 2.24) is 15.5 Å². The van der Waals surface area contributed by atoms with Crippen molar-refractivity contribution < 1.29 is 4.74 Å². The summed E-state index contributed by atoms with van der Waals surface area (Å²) in [6.45, 7) is 9.48. The van der Waals surface area contributed by atoms with Crippen molar-refractivity contribution in [3.63, 3.8) is 0 Å². The average molecular weight is 330 g/mol. The molecule has 0 amide bonds. The van der Waals surface area contributed by atoms with Gasteiger partial charge in [-0.1, -0.05) is 24.3 Å². The maximum Gasteiger partial charge on any atom is 0.191 e. The number of hydrogen-bond acceptors (Lipinski definition) is 3. The van der Waals surface area contributed by atoms with E-state index in [0.29, 0.717) is 0 Å². The summed E-state index contributed by atoms with van der Waals surface area (Å²) >= 11 is 0. The van der Waals surface area contributed by atoms with Crippen LogP contribution in [-0.2, 0) is 17.8 Å². The van der Waals surface area contributed by atoms with Gasteiger partial charge in [0.1, 0.15) is 0 Å². The molecule has 2 N–H and O–H groups in total. The number of ether oxygens (including phenoxy) is 1. The van der Waals surface area contributed by atoms with Crippen LogP contribution in [0.4, 0.5) is 0 Å². The minimum atomic E-state index is 0.723. The van der Waals surface area contributed by atoms with Crippen molar-refractivity contribution in [2.24, 2.45) is 10.9 Å². The molecule has 0 unspecified atom stereocenters. The van der Waals surface area contributed by atoms with Crippen LogP contribution in [0.1, 0.15) is 30.9 Å². The van der Waals surface area contributed by atoms with E-state index < -0.39 is 0 Å². The van der Waals surface area contributed by atoms with Crippen LogP contribution in [0.15, 0.2) is 29.3 Å². The van der Waals surface area contributed by atoms with Gasteiger partial charge in [0, 0.05) is 32.7 Å². The Hall–Kier alpha value is -1.59. The summed E-state index contributed by atoms with van der Waals surface area (Å²) in [6.07, 6.45) is 2.71. The normalized spacial score (nSPS) is 19.3. The van der Waals surface area contributed by atoms with Gasteiger partial charge in [0.25, 0.3) is 0 Å². The fraction of sp³-hybridized carbons (Fsp3) is 0.632. The predicted molar refractivity (Wildman–Crippen MR) is 98.1 cm³/mol. The number of benzene rings is 1. The van der Waals surface area contributed by atoms with Gasteiger partial charge in [-0.25, -0.2) is 4.99 Å². The lowest BCUT2D eigenvalue weighted by molar-refractivity contribution is 0.0341. The summed E-state index contributed by atoms with van der Waals surface area (Å²) in [5.41, 5.74) is 2.69. The molecule has 0 aromatic heterocycles. The second-order valence-corrected chi connectivity index (χ2v) is 6.68. The van der Waals surface area contributed by atoms with E-state index in [1.807, 2.05) is 0 Å². The van der Waals surface area contributed by atoms with E-state index >= 15 is 0 Å². The molecule has 1 aliphatic carbocycles. The Kier molecular flexibility index (Phi) is 6.49. The third kappa shape index (κ3) is 5.49. The molecule has 1 aliphatic heterocycles. The lowest BCUT2D eigenvalue weighted by atomic mass is 10.1. The van der Waals surface area contributed by atoms with Crippen LogP contribution in [0, 0.1) is 5.92 Å². The first kappa shape index (κ1) is 17.2. The van der Waals surface area contributed by atoms with Gasteiger partial charge < -0.3 is 15.4 Å². The number of rotatable bonds is 7. The van der Waals surface area contributed by atoms with E-state index in [0.717, 1.165) is 64.4 Å². The van der Waals surface area contributed by atoms with Crippen LogP contribution in [-0.4, -0.2) is 50.3 Å². The maximum atomic E-state index is 5.44. The van der Waals surface area contributed by atoms with Gasteiger partial charge in [-0.3, -0.25) is 4.90 Å². The second-order valence-electron chi connectivity index (χ2n) is 6.68. The Morgan fingerprint density at radius 2 is 1.92 bits per heavy atom. The first-order valence-electron chi connectivity index (χ1n) is 9.24. The monoisotopic (exact) mass is 330 g/mol. The van der Waals surface area contributed by atoms with Crippen molar-refractivity contribution in [1.29, 1.82) is 0 Å². The Morgan fingerprint density at radius 1 is 1.17 bits per heavy atom. The summed E-state index contributed by atoms with van der Waals surface area (Å²) in [6, 6.07) is 8.66. The first-order chi connectivity index (χ1) is 11.8. The molecule has 2 fully saturated rings. The lowest BCUT2D eigenvalue weighted by Crippen LogP contribution is -2.38. The third-order valence-corrected chi connectivity index (χ3v) is 4.62. The van der Waals surface area contributed by atoms with Gasteiger partial charge in [0.15, 0.2) is 5.96 Å². The molecule has 132 valence electrons. The fourth-order valence-corrected chi connectivity index (χ4v) is 2.94. The first-order valence-corrected chi connectivity index (χ1v) is 9.24. The number of hydrogen-bond donors (Lipinski definition) is 2. The molecule has 0 radical (unpaired) electrons. The largest absolute Gasteiger partial charge is 0.379 e. The predicted octanol–water partition coefficient (Wildman–Crippen LogP) is 1.98. The molecule has 1 aromatic rings. The van der Waals surface area contributed by atoms with Crippen LogP contribution in [0.25, 0.3) is 0 Å². The SMILES string of the molecule is CCNC(=NCc1ccccc1CN1CCOCC1)NCC1CC1. The summed E-state index contributed by atoms with van der Waals surface area (Å²) in [4.78, 5) is 7.25. The van der Waals surface area contributed by atoms with Crippen LogP contribution < -0.4 is 10.6 Å². The Balaban J connectivity index is 1.60. The van der Waals surface area contributed by atoms with Gasteiger partial charge in [-0.2, -0.15) is 0 Å². The van der Waals surface area contributed by atoms with Crippen molar-refractivity contribution in [2.45, 2.75) is 32.9 Å². The molecule has 5 heteroatoms. The number of morpholine rings is 1. The molecule has 0 bridgehead atoms. The van der Waals surface area contributed by atoms with Crippen LogP contribution >= 0.6 is 0 Å². The van der Waals surface area contributed by atoms with Crippen LogP contribution in [0.5, 0.6) is 0 Å². The molecule has 5 nitrogen and oxygen atoms in total. The molecule has 1 heterocycles. The zero-order valence-corrected chi connectivity index (χ0v) is 14.8. The van der Waals surface area contributed by atoms with Gasteiger partial charge >= 0.3 is 0 Å². The standard InChI is InChI=1S/C19H30N4O/c1-2-20-19(21-13-16-7-8-16)22-14-17-5-3-4-6-18(17)15-23-9-11-24-12-10-23/h3-6,16H,2,7-15H2,1H3,(H2,20,21,22). The summed E-state index contributed by atoms with van der Waals surface area (Å²) in [5.74, 6) is 1.79. The highest BCUT2D eigenvalue weighted by molar-refractivity contribution is 5.79. The molecule has 1 aromatic carbocycles. The molecule has 2 aliphatic rings. The minimum Gasteiger partial charge on any atom is -0.379 e. The maximum absolute atomic E-state index is 5.44. The molecule has 1 saturated carbocycles. The molecular formula is C19H30N4O. The Bertz CT molecular complexity index is 536. The van der Waals surface area contributed by atoms with E-state index in [4.69, 9.17) is 9.73 Å². The Morgan fingerprint density at radius 3 is 2.62 bits per heavy atom. The molecular weight excluding hydrogens is 300 g/mol. The van der Waals surface area contributed by atoms with E-state index in [-0.39, 0.29) is 0 Å². The van der Waals surface area contributed by atoms with Gasteiger partial charge in [-0.15, -0.1) is 0 Å². The molecule has 3 rings (SSSR count). The number of guanidine groups is 1. The average Bonchev–Trinajstić information content (AvgIpc) is 3.44. The van der Waals surface area contributed by atoms with Gasteiger partial charge in [-0.05, 0) is 36.8 Å². The van der Waals surface area contributed by atoms with E-state index in [9.17, 15) is 0 Å². The quantitative estimate of drug-likeness (QED) is 0.593. The molecule has 0 atom stereocenters. The minimum absolute atomic E-state index is 0.723. The highest BCUT2D eigenvalue weighted by Gasteiger charge is 2.21. The topological polar surface area (TPSA) is 48.9 Å². The highest BCUT2D eigenvalue weighted by Crippen LogP contribution is 2.27. The number of nitrogens with zero attached hydrogens (tertiary/aromatic N) is 2. The summed E-state index contributed by atoms with van der Waals surface area (Å²) in [5, 5.41) is 6.81. The van der Waals surface area contributed by atoms with Gasteiger partial charge in [0.2, 0.25) is 0 Å². The molecule has 0 spiro atoms. The van der Waals surface area contributed by atoms with Crippen LogP contribution in [0.2, 0.25) is 0 Å². The number of aliphatic imine (C=N–C) groups is 1. The van der Waals surface area contributed by atoms with E-state index in [2.05, 4.69) is 46.7 Å². The summed E-state index contributed by atoms with van der Waals surface area (Å²) in [7, 11) is 0. The van der Waals surface area contributed by atoms with Crippen molar-refractivity contribution in [3.05, 3.63) is 35.4 Å². The second kappa shape index (κ2) is 9.04. The van der Waals surface area contributed by atoms with Crippen LogP contribution in [0.3, 0.4) is 0 Å². The van der Waals surface area contributed by atoms with Gasteiger partial charge in [0.05, 0.1) is 19.8 Å². The third-order valence-electron chi connectivity index (χ3n) is 4.62. The van der Waals surface area contributed by atoms with Crippen molar-refractivity contribution >= 4 is 5.96 Å². The summed E-state index contributed by atoms with van der Waals surface area (Å²) < 4.78 is 5.44. The van der Waals surface area contributed by atoms with Crippen molar-refractivity contribution in [2.75, 3.05) is 39.4 Å². The molecule has 24 heavy (non-hydrogen) atoms. The fourth-order valence-electron chi connectivity index (χ4n) is 2.94. The highest BCUT2D eigenvalue weighted by atomic mass is 16.5. The van der Waals surface area contributed by atoms with E-state index in [1.165, 1.54) is 24.0 Å². The van der Waals surface area contributed by atoms with E-state index in [1.54, 1.807) is 0 Å². The zero-order chi connectivity index (χ0) is 16.6. The smallest absolute Gasteiger partial charge is 0.191 e. The zero-order valence-electron chi connectivity index (χ0n) is 14.8. The Labute approximate surface area is 145 Å². The van der Waals surface area contributed by atoms with Crippen molar-refractivity contribution in [3.8, 4) is 0 Å². The lowest BCUT2D eigenvalue weighted by Gasteiger charge is -2.27.